The van der Waals surface area contributed by atoms with Crippen molar-refractivity contribution in [3.8, 4) is 11.4 Å². The van der Waals surface area contributed by atoms with E-state index in [9.17, 15) is 13.9 Å². The van der Waals surface area contributed by atoms with E-state index in [1.54, 1.807) is 12.1 Å². The second-order valence-corrected chi connectivity index (χ2v) is 26.5. The molecule has 6 nitrogen and oxygen atoms in total. The maximum atomic E-state index is 13.6. The van der Waals surface area contributed by atoms with Crippen molar-refractivity contribution >= 4 is 20.5 Å². The van der Waals surface area contributed by atoms with E-state index in [1.165, 1.54) is 70.5 Å². The average molecular weight is 919 g/mol. The van der Waals surface area contributed by atoms with Gasteiger partial charge >= 0.3 is 0 Å². The fourth-order valence-electron chi connectivity index (χ4n) is 11.6. The summed E-state index contributed by atoms with van der Waals surface area (Å²) in [5.74, 6) is 0.189. The van der Waals surface area contributed by atoms with Crippen molar-refractivity contribution in [3.63, 3.8) is 0 Å². The Kier molecular flexibility index (Phi) is 13.1. The lowest BCUT2D eigenvalue weighted by Crippen LogP contribution is -2.51. The third kappa shape index (κ3) is 9.49. The number of hydrogen-bond donors (Lipinski definition) is 1. The van der Waals surface area contributed by atoms with E-state index in [0.717, 1.165) is 67.7 Å². The second kappa shape index (κ2) is 18.7. The molecule has 2 fully saturated rings. The first-order valence-corrected chi connectivity index (χ1v) is 27.4. The predicted molar refractivity (Wildman–Crippen MR) is 270 cm³/mol. The molecule has 0 saturated heterocycles. The van der Waals surface area contributed by atoms with E-state index < -0.39 is 8.32 Å². The molecule has 0 unspecified atom stereocenters. The number of hydrogen-bond acceptors (Lipinski definition) is 4. The van der Waals surface area contributed by atoms with Crippen molar-refractivity contribution in [3.05, 3.63) is 178 Å². The van der Waals surface area contributed by atoms with Gasteiger partial charge in [-0.1, -0.05) is 106 Å². The van der Waals surface area contributed by atoms with Gasteiger partial charge in [0.25, 0.3) is 0 Å². The van der Waals surface area contributed by atoms with Gasteiger partial charge < -0.3 is 9.53 Å². The van der Waals surface area contributed by atoms with Crippen LogP contribution in [0.2, 0.25) is 18.1 Å². The van der Waals surface area contributed by atoms with Crippen molar-refractivity contribution < 1.29 is 18.3 Å². The smallest absolute Gasteiger partial charge is 0.192 e. The Hall–Kier alpha value is -5.22. The minimum atomic E-state index is -1.98. The Labute approximate surface area is 397 Å². The molecule has 350 valence electrons. The zero-order valence-electron chi connectivity index (χ0n) is 40.5. The fourth-order valence-corrected chi connectivity index (χ4v) is 13.0. The number of halogens is 2. The highest BCUT2D eigenvalue weighted by atomic mass is 28.4. The Morgan fingerprint density at radius 1 is 0.657 bits per heavy atom. The third-order valence-electron chi connectivity index (χ3n) is 16.4. The Morgan fingerprint density at radius 2 is 1.09 bits per heavy atom. The van der Waals surface area contributed by atoms with Crippen molar-refractivity contribution in [1.82, 2.24) is 19.6 Å². The van der Waals surface area contributed by atoms with Crippen LogP contribution in [0.1, 0.15) is 107 Å². The molecule has 0 amide bonds. The molecule has 6 aromatic rings. The highest BCUT2D eigenvalue weighted by molar-refractivity contribution is 6.74. The zero-order chi connectivity index (χ0) is 47.1. The highest BCUT2D eigenvalue weighted by Crippen LogP contribution is 2.55. The number of aromatic nitrogens is 4. The number of fused-ring (bicyclic) bond motifs is 4. The molecule has 0 spiro atoms. The summed E-state index contributed by atoms with van der Waals surface area (Å²) in [6.45, 7) is 16.6. The van der Waals surface area contributed by atoms with Gasteiger partial charge in [-0.25, -0.2) is 18.1 Å². The molecule has 10 rings (SSSR count). The van der Waals surface area contributed by atoms with Crippen LogP contribution < -0.4 is 0 Å². The number of benzene rings is 4. The van der Waals surface area contributed by atoms with Crippen LogP contribution in [0.5, 0.6) is 0 Å². The van der Waals surface area contributed by atoms with E-state index in [1.807, 2.05) is 52.1 Å². The highest BCUT2D eigenvalue weighted by Gasteiger charge is 2.50. The summed E-state index contributed by atoms with van der Waals surface area (Å²) >= 11 is 0. The maximum absolute atomic E-state index is 13.6. The lowest BCUT2D eigenvalue weighted by atomic mass is 9.58. The largest absolute Gasteiger partial charge is 0.413 e. The van der Waals surface area contributed by atoms with Crippen LogP contribution >= 0.6 is 0 Å². The Bertz CT molecular complexity index is 2720. The molecule has 1 N–H and O–H groups in total. The van der Waals surface area contributed by atoms with Gasteiger partial charge in [-0.15, -0.1) is 0 Å². The molecule has 6 atom stereocenters. The second-order valence-electron chi connectivity index (χ2n) is 21.8. The molecule has 2 aromatic heterocycles. The van der Waals surface area contributed by atoms with Gasteiger partial charge in [0.15, 0.2) is 8.32 Å². The number of allylic oxidation sites excluding steroid dienone is 2. The zero-order valence-corrected chi connectivity index (χ0v) is 41.5. The van der Waals surface area contributed by atoms with Gasteiger partial charge in [0, 0.05) is 0 Å². The first-order valence-electron chi connectivity index (χ1n) is 24.5. The van der Waals surface area contributed by atoms with Crippen molar-refractivity contribution in [2.24, 2.45) is 22.7 Å². The van der Waals surface area contributed by atoms with Crippen LogP contribution in [-0.4, -0.2) is 45.2 Å². The number of aliphatic hydroxyl groups excluding tert-OH is 1. The van der Waals surface area contributed by atoms with E-state index in [0.29, 0.717) is 12.3 Å². The van der Waals surface area contributed by atoms with E-state index in [4.69, 9.17) is 9.52 Å². The summed E-state index contributed by atoms with van der Waals surface area (Å²) in [6, 6.07) is 34.2. The summed E-state index contributed by atoms with van der Waals surface area (Å²) in [4.78, 5) is 0. The van der Waals surface area contributed by atoms with Crippen LogP contribution in [-0.2, 0) is 30.1 Å². The van der Waals surface area contributed by atoms with Crippen molar-refractivity contribution in [2.45, 2.75) is 129 Å². The van der Waals surface area contributed by atoms with Gasteiger partial charge in [0.05, 0.1) is 47.4 Å². The molecule has 4 aliphatic carbocycles. The maximum Gasteiger partial charge on any atom is 0.192 e. The topological polar surface area (TPSA) is 65.1 Å². The molecule has 2 saturated carbocycles. The molecule has 4 aliphatic rings. The minimum absolute atomic E-state index is 0.0315. The number of nitrogens with zero attached hydrogens (tertiary/aromatic N) is 4. The molecule has 9 heteroatoms. The van der Waals surface area contributed by atoms with Gasteiger partial charge in [-0.2, -0.15) is 10.2 Å². The minimum Gasteiger partial charge on any atom is -0.413 e. The summed E-state index contributed by atoms with van der Waals surface area (Å²) in [6.07, 6.45) is 18.6. The molecule has 0 bridgehead atoms. The molecule has 4 aromatic carbocycles. The van der Waals surface area contributed by atoms with Gasteiger partial charge in [-0.3, -0.25) is 0 Å². The quantitative estimate of drug-likeness (QED) is 0.139. The lowest BCUT2D eigenvalue weighted by molar-refractivity contribution is 0.0234. The van der Waals surface area contributed by atoms with Crippen LogP contribution in [0, 0.1) is 34.3 Å². The number of rotatable bonds is 10. The van der Waals surface area contributed by atoms with Gasteiger partial charge in [0.2, 0.25) is 0 Å². The molecule has 67 heavy (non-hydrogen) atoms. The fraction of sp³-hybridized carbons (Fsp3) is 0.414. The van der Waals surface area contributed by atoms with E-state index in [2.05, 4.69) is 107 Å². The normalized spacial score (nSPS) is 23.3. The molecular formula is C58H68F2N4O2Si. The first kappa shape index (κ1) is 46.9. The Balaban J connectivity index is 0.000000171. The van der Waals surface area contributed by atoms with Crippen LogP contribution in [0.15, 0.2) is 133 Å². The van der Waals surface area contributed by atoms with Crippen LogP contribution in [0.4, 0.5) is 8.78 Å². The third-order valence-corrected chi connectivity index (χ3v) is 20.9. The predicted octanol–water partition coefficient (Wildman–Crippen LogP) is 13.8. The van der Waals surface area contributed by atoms with Crippen LogP contribution in [0.3, 0.4) is 0 Å². The van der Waals surface area contributed by atoms with Crippen molar-refractivity contribution in [2.75, 3.05) is 0 Å². The first-order chi connectivity index (χ1) is 32.0. The summed E-state index contributed by atoms with van der Waals surface area (Å²) in [5, 5.41) is 20.7. The van der Waals surface area contributed by atoms with Gasteiger partial charge in [-0.05, 0) is 188 Å². The lowest BCUT2D eigenvalue weighted by Gasteiger charge is -2.51. The molecule has 2 heterocycles. The molecule has 0 radical (unpaired) electrons. The summed E-state index contributed by atoms with van der Waals surface area (Å²) in [5.41, 5.74) is 11.9. The monoisotopic (exact) mass is 919 g/mol. The average Bonchev–Trinajstić information content (AvgIpc) is 3.90. The summed E-state index contributed by atoms with van der Waals surface area (Å²) < 4.78 is 38.1. The van der Waals surface area contributed by atoms with Gasteiger partial charge in [0.1, 0.15) is 11.6 Å². The Morgan fingerprint density at radius 3 is 1.55 bits per heavy atom. The van der Waals surface area contributed by atoms with E-state index in [-0.39, 0.29) is 45.6 Å². The number of aliphatic hydroxyl groups is 1. The molecular weight excluding hydrogens is 851 g/mol. The molecule has 0 aliphatic heterocycles. The SMILES string of the molecule is CC(C)(C)[Si](C)(C)O[C@H](Cc1ccccc1)[C@H]1CCCC2=Cc3c(cnn3-c3ccc(F)cc3)C[C@@]21C.C[C@]12Cc3cnn(-c4ccc(F)cc4)c3C=C1CCC[C@@H]2[C@@H](O)Cc1ccccc1. The van der Waals surface area contributed by atoms with E-state index >= 15 is 0 Å². The standard InChI is InChI=1S/C32H41FN2OSi.C26H27FN2O/c1-31(2,3)37(5,6)36-30(19-23-11-8-7-9-12-23)28-14-10-13-25-20-29-24(21-32(25,28)4)22-34-35(29)27-17-15-26(33)16-18-27;1-26-16-19-17-28-29(22-12-10-21(27)11-13-22)24(19)15-20(26)8-5-9-23(26)25(30)14-18-6-3-2-4-7-18/h7-9,11-12,15-18,20,22,28,30H,10,13-14,19,21H2,1-6H3;2-4,6-7,10-13,15,17,23,25,30H,5,8-9,14,16H2,1H3/t28-,30-,32+;23-,25+,26+/m11/s1. The summed E-state index contributed by atoms with van der Waals surface area (Å²) in [7, 11) is -1.98. The van der Waals surface area contributed by atoms with Crippen molar-refractivity contribution in [1.29, 1.82) is 0 Å². The van der Waals surface area contributed by atoms with Crippen LogP contribution in [0.25, 0.3) is 23.5 Å².